The molecule has 1 aromatic carbocycles. The lowest BCUT2D eigenvalue weighted by Crippen LogP contribution is -2.47. The Balaban J connectivity index is 1.45. The van der Waals surface area contributed by atoms with E-state index in [1.165, 1.54) is 18.5 Å². The van der Waals surface area contributed by atoms with Gasteiger partial charge in [0, 0.05) is 50.6 Å². The number of nitrogens with zero attached hydrogens (tertiary/aromatic N) is 2. The highest BCUT2D eigenvalue weighted by molar-refractivity contribution is 5.93. The summed E-state index contributed by atoms with van der Waals surface area (Å²) >= 11 is 0. The summed E-state index contributed by atoms with van der Waals surface area (Å²) < 4.78 is 5.69. The number of amides is 1. The number of carbonyl (C=O) groups excluding carboxylic acids is 1. The standard InChI is InChI=1S/C17H25N3O2/c18-17(21)14-3-5-15(6-4-14)20-11-9-19(10-12-20)8-7-16-2-1-13-22-16/h3-6,16H,1-2,7-13H2,(H2,18,21). The number of rotatable bonds is 5. The second-order valence-corrected chi connectivity index (χ2v) is 6.16. The van der Waals surface area contributed by atoms with Crippen LogP contribution in [0.2, 0.25) is 0 Å². The van der Waals surface area contributed by atoms with Crippen LogP contribution < -0.4 is 10.6 Å². The van der Waals surface area contributed by atoms with Crippen LogP contribution in [0.3, 0.4) is 0 Å². The van der Waals surface area contributed by atoms with Crippen molar-refractivity contribution >= 4 is 11.6 Å². The molecule has 0 saturated carbocycles. The Kier molecular flexibility index (Phi) is 4.95. The van der Waals surface area contributed by atoms with Crippen LogP contribution in [0, 0.1) is 0 Å². The Hall–Kier alpha value is -1.59. The lowest BCUT2D eigenvalue weighted by molar-refractivity contribution is 0.0910. The maximum Gasteiger partial charge on any atom is 0.248 e. The van der Waals surface area contributed by atoms with E-state index in [0.717, 1.165) is 45.8 Å². The van der Waals surface area contributed by atoms with E-state index < -0.39 is 0 Å². The number of hydrogen-bond donors (Lipinski definition) is 1. The second-order valence-electron chi connectivity index (χ2n) is 6.16. The molecule has 120 valence electrons. The maximum absolute atomic E-state index is 11.1. The van der Waals surface area contributed by atoms with Gasteiger partial charge in [-0.3, -0.25) is 9.69 Å². The zero-order valence-electron chi connectivity index (χ0n) is 13.0. The Morgan fingerprint density at radius 2 is 1.91 bits per heavy atom. The fourth-order valence-electron chi connectivity index (χ4n) is 3.26. The lowest BCUT2D eigenvalue weighted by atomic mass is 10.1. The van der Waals surface area contributed by atoms with Crippen LogP contribution in [0.4, 0.5) is 5.69 Å². The van der Waals surface area contributed by atoms with Crippen LogP contribution >= 0.6 is 0 Å². The van der Waals surface area contributed by atoms with Crippen molar-refractivity contribution in [2.24, 2.45) is 5.73 Å². The van der Waals surface area contributed by atoms with Crippen LogP contribution in [0.1, 0.15) is 29.6 Å². The monoisotopic (exact) mass is 303 g/mol. The van der Waals surface area contributed by atoms with Crippen LogP contribution in [-0.4, -0.2) is 56.2 Å². The molecule has 2 aliphatic heterocycles. The van der Waals surface area contributed by atoms with Crippen molar-refractivity contribution in [1.29, 1.82) is 0 Å². The number of anilines is 1. The predicted octanol–water partition coefficient (Wildman–Crippen LogP) is 1.48. The molecule has 0 spiro atoms. The molecule has 22 heavy (non-hydrogen) atoms. The van der Waals surface area contributed by atoms with Gasteiger partial charge in [0.25, 0.3) is 0 Å². The third kappa shape index (κ3) is 3.78. The molecule has 2 heterocycles. The topological polar surface area (TPSA) is 58.8 Å². The fraction of sp³-hybridized carbons (Fsp3) is 0.588. The highest BCUT2D eigenvalue weighted by atomic mass is 16.5. The molecule has 5 nitrogen and oxygen atoms in total. The van der Waals surface area contributed by atoms with Gasteiger partial charge in [0.15, 0.2) is 0 Å². The van der Waals surface area contributed by atoms with Gasteiger partial charge < -0.3 is 15.4 Å². The van der Waals surface area contributed by atoms with E-state index in [1.807, 2.05) is 24.3 Å². The van der Waals surface area contributed by atoms with Gasteiger partial charge in [0.05, 0.1) is 6.10 Å². The molecule has 1 unspecified atom stereocenters. The Bertz CT molecular complexity index is 489. The quantitative estimate of drug-likeness (QED) is 0.895. The highest BCUT2D eigenvalue weighted by Crippen LogP contribution is 2.19. The van der Waals surface area contributed by atoms with Gasteiger partial charge in [-0.25, -0.2) is 0 Å². The molecular formula is C17H25N3O2. The number of benzene rings is 1. The first kappa shape index (κ1) is 15.3. The summed E-state index contributed by atoms with van der Waals surface area (Å²) in [5.74, 6) is -0.370. The van der Waals surface area contributed by atoms with Gasteiger partial charge in [-0.2, -0.15) is 0 Å². The molecule has 1 atom stereocenters. The van der Waals surface area contributed by atoms with Gasteiger partial charge in [0.2, 0.25) is 5.91 Å². The molecular weight excluding hydrogens is 278 g/mol. The number of ether oxygens (including phenoxy) is 1. The van der Waals surface area contributed by atoms with Crippen LogP contribution in [-0.2, 0) is 4.74 Å². The van der Waals surface area contributed by atoms with E-state index in [-0.39, 0.29) is 5.91 Å². The number of primary amides is 1. The summed E-state index contributed by atoms with van der Waals surface area (Å²) in [6.07, 6.45) is 4.10. The summed E-state index contributed by atoms with van der Waals surface area (Å²) in [5, 5.41) is 0. The van der Waals surface area contributed by atoms with Crippen LogP contribution in [0.15, 0.2) is 24.3 Å². The Morgan fingerprint density at radius 3 is 2.50 bits per heavy atom. The number of hydrogen-bond acceptors (Lipinski definition) is 4. The van der Waals surface area contributed by atoms with Crippen molar-refractivity contribution in [3.8, 4) is 0 Å². The zero-order chi connectivity index (χ0) is 15.4. The lowest BCUT2D eigenvalue weighted by Gasteiger charge is -2.36. The van der Waals surface area contributed by atoms with Crippen LogP contribution in [0.25, 0.3) is 0 Å². The molecule has 1 amide bonds. The van der Waals surface area contributed by atoms with Crippen molar-refractivity contribution in [3.63, 3.8) is 0 Å². The second kappa shape index (κ2) is 7.11. The molecule has 2 fully saturated rings. The van der Waals surface area contributed by atoms with E-state index in [0.29, 0.717) is 11.7 Å². The first-order valence-electron chi connectivity index (χ1n) is 8.21. The summed E-state index contributed by atoms with van der Waals surface area (Å²) in [4.78, 5) is 16.0. The highest BCUT2D eigenvalue weighted by Gasteiger charge is 2.20. The third-order valence-electron chi connectivity index (χ3n) is 4.68. The average Bonchev–Trinajstić information content (AvgIpc) is 3.07. The summed E-state index contributed by atoms with van der Waals surface area (Å²) in [7, 11) is 0. The minimum atomic E-state index is -0.370. The van der Waals surface area contributed by atoms with E-state index in [4.69, 9.17) is 10.5 Å². The minimum Gasteiger partial charge on any atom is -0.378 e. The number of carbonyl (C=O) groups is 1. The smallest absolute Gasteiger partial charge is 0.248 e. The maximum atomic E-state index is 11.1. The molecule has 2 aliphatic rings. The van der Waals surface area contributed by atoms with Gasteiger partial charge in [-0.15, -0.1) is 0 Å². The summed E-state index contributed by atoms with van der Waals surface area (Å²) in [5.41, 5.74) is 7.01. The Morgan fingerprint density at radius 1 is 1.18 bits per heavy atom. The summed E-state index contributed by atoms with van der Waals surface area (Å²) in [6, 6.07) is 7.59. The largest absolute Gasteiger partial charge is 0.378 e. The third-order valence-corrected chi connectivity index (χ3v) is 4.68. The SMILES string of the molecule is NC(=O)c1ccc(N2CCN(CCC3CCCO3)CC2)cc1. The number of piperazine rings is 1. The molecule has 0 aliphatic carbocycles. The normalized spacial score (nSPS) is 22.9. The Labute approximate surface area is 132 Å². The molecule has 5 heteroatoms. The summed E-state index contributed by atoms with van der Waals surface area (Å²) in [6.45, 7) is 6.32. The zero-order valence-corrected chi connectivity index (χ0v) is 13.0. The number of nitrogens with two attached hydrogens (primary N) is 1. The van der Waals surface area contributed by atoms with E-state index in [2.05, 4.69) is 9.80 Å². The molecule has 0 aromatic heterocycles. The molecule has 2 saturated heterocycles. The first-order chi connectivity index (χ1) is 10.7. The molecule has 0 radical (unpaired) electrons. The molecule has 3 rings (SSSR count). The van der Waals surface area contributed by atoms with Gasteiger partial charge >= 0.3 is 0 Å². The molecule has 1 aromatic rings. The van der Waals surface area contributed by atoms with Gasteiger partial charge in [-0.05, 0) is 43.5 Å². The van der Waals surface area contributed by atoms with E-state index in [1.54, 1.807) is 0 Å². The van der Waals surface area contributed by atoms with Gasteiger partial charge in [0.1, 0.15) is 0 Å². The van der Waals surface area contributed by atoms with Crippen molar-refractivity contribution in [1.82, 2.24) is 4.90 Å². The predicted molar refractivity (Wildman–Crippen MR) is 87.2 cm³/mol. The first-order valence-corrected chi connectivity index (χ1v) is 8.21. The van der Waals surface area contributed by atoms with Crippen molar-refractivity contribution < 1.29 is 9.53 Å². The fourth-order valence-corrected chi connectivity index (χ4v) is 3.26. The molecule has 0 bridgehead atoms. The minimum absolute atomic E-state index is 0.370. The molecule has 2 N–H and O–H groups in total. The average molecular weight is 303 g/mol. The van der Waals surface area contributed by atoms with Crippen molar-refractivity contribution in [3.05, 3.63) is 29.8 Å². The van der Waals surface area contributed by atoms with E-state index in [9.17, 15) is 4.79 Å². The van der Waals surface area contributed by atoms with Crippen molar-refractivity contribution in [2.75, 3.05) is 44.2 Å². The van der Waals surface area contributed by atoms with E-state index >= 15 is 0 Å². The van der Waals surface area contributed by atoms with Gasteiger partial charge in [-0.1, -0.05) is 0 Å². The van der Waals surface area contributed by atoms with Crippen molar-refractivity contribution in [2.45, 2.75) is 25.4 Å². The van der Waals surface area contributed by atoms with Crippen LogP contribution in [0.5, 0.6) is 0 Å².